The van der Waals surface area contributed by atoms with Crippen molar-refractivity contribution < 1.29 is 0 Å². The van der Waals surface area contributed by atoms with Crippen molar-refractivity contribution in [1.82, 2.24) is 0 Å². The third-order valence-electron chi connectivity index (χ3n) is 0.824. The van der Waals surface area contributed by atoms with Gasteiger partial charge in [-0.2, -0.15) is 0 Å². The minimum absolute atomic E-state index is 1.32. The number of hydrogen-bond donors (Lipinski definition) is 0. The standard InChI is InChI=1S/C6H4I2.CHN/c7-5-3-1-2-4-6(5)8;1-2/h1-4H;1H. The molecule has 0 heterocycles. The Bertz CT molecular complexity index is 199. The van der Waals surface area contributed by atoms with Gasteiger partial charge in [-0.25, -0.2) is 5.26 Å². The minimum Gasteiger partial charge on any atom is -0.202 e. The summed E-state index contributed by atoms with van der Waals surface area (Å²) in [5.41, 5.74) is 0. The van der Waals surface area contributed by atoms with Gasteiger partial charge in [-0.3, -0.25) is 0 Å². The molecular formula is C7H5I2N. The second-order valence-corrected chi connectivity index (χ2v) is 3.74. The Morgan fingerprint density at radius 3 is 1.50 bits per heavy atom. The molecular weight excluding hydrogens is 352 g/mol. The van der Waals surface area contributed by atoms with Crippen LogP contribution < -0.4 is 0 Å². The van der Waals surface area contributed by atoms with Crippen molar-refractivity contribution in [2.24, 2.45) is 0 Å². The molecule has 0 spiro atoms. The van der Waals surface area contributed by atoms with Gasteiger partial charge in [-0.05, 0) is 57.3 Å². The summed E-state index contributed by atoms with van der Waals surface area (Å²) in [6.45, 7) is 3.50. The summed E-state index contributed by atoms with van der Waals surface area (Å²) >= 11 is 4.63. The van der Waals surface area contributed by atoms with Gasteiger partial charge in [0.25, 0.3) is 0 Å². The average Bonchev–Trinajstić information content (AvgIpc) is 2.00. The molecule has 0 radical (unpaired) electrons. The van der Waals surface area contributed by atoms with Gasteiger partial charge >= 0.3 is 0 Å². The molecule has 0 fully saturated rings. The molecule has 0 N–H and O–H groups in total. The van der Waals surface area contributed by atoms with Gasteiger partial charge in [0.05, 0.1) is 0 Å². The number of benzene rings is 1. The zero-order valence-electron chi connectivity index (χ0n) is 5.09. The summed E-state index contributed by atoms with van der Waals surface area (Å²) in [5.74, 6) is 0. The summed E-state index contributed by atoms with van der Waals surface area (Å²) in [5, 5.41) is 6.50. The molecule has 52 valence electrons. The summed E-state index contributed by atoms with van der Waals surface area (Å²) in [7, 11) is 0. The van der Waals surface area contributed by atoms with E-state index in [9.17, 15) is 0 Å². The number of halogens is 2. The molecule has 3 heteroatoms. The van der Waals surface area contributed by atoms with Gasteiger partial charge in [-0.1, -0.05) is 12.1 Å². The van der Waals surface area contributed by atoms with Crippen LogP contribution in [0.3, 0.4) is 0 Å². The van der Waals surface area contributed by atoms with Gasteiger partial charge in [0.1, 0.15) is 0 Å². The van der Waals surface area contributed by atoms with Crippen LogP contribution >= 0.6 is 45.2 Å². The van der Waals surface area contributed by atoms with Gasteiger partial charge in [0.2, 0.25) is 0 Å². The van der Waals surface area contributed by atoms with Crippen LogP contribution in [0.2, 0.25) is 0 Å². The molecule has 1 nitrogen and oxygen atoms in total. The number of hydrogen-bond acceptors (Lipinski definition) is 1. The van der Waals surface area contributed by atoms with Crippen molar-refractivity contribution in [2.45, 2.75) is 0 Å². The van der Waals surface area contributed by atoms with E-state index < -0.39 is 0 Å². The highest BCUT2D eigenvalue weighted by Gasteiger charge is 1.87. The lowest BCUT2D eigenvalue weighted by atomic mass is 10.4. The molecule has 0 bridgehead atoms. The fraction of sp³-hybridized carbons (Fsp3) is 0. The second kappa shape index (κ2) is 5.92. The fourth-order valence-electron chi connectivity index (χ4n) is 0.439. The summed E-state index contributed by atoms with van der Waals surface area (Å²) in [4.78, 5) is 0. The molecule has 1 aromatic carbocycles. The van der Waals surface area contributed by atoms with Gasteiger partial charge in [0.15, 0.2) is 0 Å². The Morgan fingerprint density at radius 2 is 1.30 bits per heavy atom. The van der Waals surface area contributed by atoms with E-state index in [0.717, 1.165) is 0 Å². The van der Waals surface area contributed by atoms with Crippen LogP contribution in [0.5, 0.6) is 0 Å². The minimum atomic E-state index is 1.32. The van der Waals surface area contributed by atoms with Crippen LogP contribution in [0.15, 0.2) is 24.3 Å². The first kappa shape index (κ1) is 10.2. The Morgan fingerprint density at radius 1 is 1.00 bits per heavy atom. The number of nitrogens with zero attached hydrogens (tertiary/aromatic N) is 1. The highest BCUT2D eigenvalue weighted by molar-refractivity contribution is 14.1. The zero-order valence-corrected chi connectivity index (χ0v) is 9.40. The molecule has 0 saturated carbocycles. The van der Waals surface area contributed by atoms with E-state index in [0.29, 0.717) is 0 Å². The Labute approximate surface area is 87.7 Å². The third kappa shape index (κ3) is 3.37. The summed E-state index contributed by atoms with van der Waals surface area (Å²) in [6.07, 6.45) is 0. The molecule has 0 aliphatic carbocycles. The van der Waals surface area contributed by atoms with E-state index in [4.69, 9.17) is 5.26 Å². The van der Waals surface area contributed by atoms with E-state index in [1.807, 2.05) is 12.1 Å². The molecule has 0 amide bonds. The van der Waals surface area contributed by atoms with Crippen molar-refractivity contribution >= 4 is 45.2 Å². The summed E-state index contributed by atoms with van der Waals surface area (Å²) < 4.78 is 2.65. The molecule has 0 aromatic heterocycles. The van der Waals surface area contributed by atoms with Gasteiger partial charge in [-0.15, -0.1) is 0 Å². The molecule has 0 aliphatic rings. The van der Waals surface area contributed by atoms with Crippen LogP contribution in [0.25, 0.3) is 0 Å². The topological polar surface area (TPSA) is 23.8 Å². The lowest BCUT2D eigenvalue weighted by Gasteiger charge is -1.89. The van der Waals surface area contributed by atoms with Gasteiger partial charge < -0.3 is 0 Å². The molecule has 10 heavy (non-hydrogen) atoms. The van der Waals surface area contributed by atoms with Crippen LogP contribution in [0.1, 0.15) is 0 Å². The maximum absolute atomic E-state index is 6.50. The van der Waals surface area contributed by atoms with Crippen LogP contribution in [-0.2, 0) is 0 Å². The van der Waals surface area contributed by atoms with Crippen LogP contribution in [-0.4, -0.2) is 0 Å². The number of nitriles is 1. The first-order valence-corrected chi connectivity index (χ1v) is 4.62. The lowest BCUT2D eigenvalue weighted by Crippen LogP contribution is -1.73. The fourth-order valence-corrected chi connectivity index (χ4v) is 1.21. The Balaban J connectivity index is 0.000000371. The maximum atomic E-state index is 6.50. The summed E-state index contributed by atoms with van der Waals surface area (Å²) in [6, 6.07) is 8.29. The lowest BCUT2D eigenvalue weighted by molar-refractivity contribution is 1.58. The van der Waals surface area contributed by atoms with Crippen molar-refractivity contribution in [3.05, 3.63) is 31.4 Å². The van der Waals surface area contributed by atoms with E-state index in [1.165, 1.54) is 7.14 Å². The van der Waals surface area contributed by atoms with Crippen molar-refractivity contribution in [3.63, 3.8) is 0 Å². The predicted molar refractivity (Wildman–Crippen MR) is 58.5 cm³/mol. The molecule has 0 unspecified atom stereocenters. The first-order chi connectivity index (χ1) is 4.80. The maximum Gasteiger partial charge on any atom is 0.0462 e. The van der Waals surface area contributed by atoms with E-state index in [2.05, 4.69) is 63.9 Å². The van der Waals surface area contributed by atoms with Crippen LogP contribution in [0, 0.1) is 19.0 Å². The smallest absolute Gasteiger partial charge is 0.0462 e. The van der Waals surface area contributed by atoms with E-state index in [-0.39, 0.29) is 0 Å². The highest BCUT2D eigenvalue weighted by atomic mass is 127. The van der Waals surface area contributed by atoms with Crippen molar-refractivity contribution in [1.29, 1.82) is 5.26 Å². The average molecular weight is 357 g/mol. The Kier molecular flexibility index (Phi) is 6.02. The van der Waals surface area contributed by atoms with Gasteiger partial charge in [0, 0.05) is 13.7 Å². The van der Waals surface area contributed by atoms with Crippen LogP contribution in [0.4, 0.5) is 0 Å². The molecule has 0 atom stereocenters. The largest absolute Gasteiger partial charge is 0.202 e. The predicted octanol–water partition coefficient (Wildman–Crippen LogP) is 3.04. The van der Waals surface area contributed by atoms with Crippen molar-refractivity contribution in [3.8, 4) is 6.57 Å². The zero-order chi connectivity index (χ0) is 7.98. The third-order valence-corrected chi connectivity index (χ3v) is 3.74. The second-order valence-electron chi connectivity index (χ2n) is 1.41. The molecule has 0 aliphatic heterocycles. The SMILES string of the molecule is C#N.Ic1ccccc1I. The quantitative estimate of drug-likeness (QED) is 0.655. The Hall–Kier alpha value is 0.170. The normalized spacial score (nSPS) is 7.60. The first-order valence-electron chi connectivity index (χ1n) is 2.46. The molecule has 1 aromatic rings. The molecule has 1 rings (SSSR count). The molecule has 0 saturated heterocycles. The van der Waals surface area contributed by atoms with E-state index >= 15 is 0 Å². The number of rotatable bonds is 0. The van der Waals surface area contributed by atoms with Crippen molar-refractivity contribution in [2.75, 3.05) is 0 Å². The monoisotopic (exact) mass is 357 g/mol. The van der Waals surface area contributed by atoms with E-state index in [1.54, 1.807) is 0 Å². The highest BCUT2D eigenvalue weighted by Crippen LogP contribution is 2.12.